The number of fused-ring (bicyclic) bond motifs is 1. The molecule has 2 aliphatic rings. The highest BCUT2D eigenvalue weighted by atomic mass is 32.1. The van der Waals surface area contributed by atoms with Crippen LogP contribution in [0.15, 0.2) is 24.3 Å². The van der Waals surface area contributed by atoms with E-state index >= 15 is 0 Å². The van der Waals surface area contributed by atoms with Crippen molar-refractivity contribution in [3.05, 3.63) is 34.7 Å². The minimum absolute atomic E-state index is 0.115. The Bertz CT molecular complexity index is 836. The first kappa shape index (κ1) is 16.5. The number of aryl methyl sites for hydroxylation is 1. The fraction of sp³-hybridized carbons (Fsp3) is 0.474. The number of hydrogen-bond acceptors (Lipinski definition) is 4. The molecule has 2 aromatic rings. The Morgan fingerprint density at radius 1 is 1.36 bits per heavy atom. The van der Waals surface area contributed by atoms with Crippen molar-refractivity contribution in [3.63, 3.8) is 0 Å². The highest BCUT2D eigenvalue weighted by Gasteiger charge is 2.51. The number of benzene rings is 1. The molecule has 0 saturated carbocycles. The van der Waals surface area contributed by atoms with E-state index in [1.807, 2.05) is 11.3 Å². The largest absolute Gasteiger partial charge is 0.481 e. The summed E-state index contributed by atoms with van der Waals surface area (Å²) >= 11 is 1.83. The number of carboxylic acid groups (broad SMARTS) is 1. The number of nitrogens with one attached hydrogen (secondary N) is 1. The predicted molar refractivity (Wildman–Crippen MR) is 97.7 cm³/mol. The number of carboxylic acids is 1. The van der Waals surface area contributed by atoms with Crippen LogP contribution in [-0.4, -0.2) is 40.5 Å². The molecule has 0 bridgehead atoms. The van der Waals surface area contributed by atoms with E-state index < -0.39 is 17.4 Å². The van der Waals surface area contributed by atoms with E-state index in [2.05, 4.69) is 41.4 Å². The van der Waals surface area contributed by atoms with Crippen molar-refractivity contribution in [2.75, 3.05) is 13.1 Å². The molecule has 0 aliphatic carbocycles. The van der Waals surface area contributed by atoms with Gasteiger partial charge in [0.15, 0.2) is 0 Å². The van der Waals surface area contributed by atoms with Crippen molar-refractivity contribution in [2.24, 2.45) is 5.92 Å². The summed E-state index contributed by atoms with van der Waals surface area (Å²) in [4.78, 5) is 27.1. The third kappa shape index (κ3) is 2.83. The monoisotopic (exact) mass is 358 g/mol. The lowest BCUT2D eigenvalue weighted by Gasteiger charge is -2.41. The topological polar surface area (TPSA) is 69.6 Å². The van der Waals surface area contributed by atoms with E-state index in [4.69, 9.17) is 0 Å². The summed E-state index contributed by atoms with van der Waals surface area (Å²) in [7, 11) is 0. The van der Waals surface area contributed by atoms with Gasteiger partial charge in [-0.3, -0.25) is 14.5 Å². The Morgan fingerprint density at radius 3 is 2.80 bits per heavy atom. The van der Waals surface area contributed by atoms with Gasteiger partial charge in [-0.1, -0.05) is 18.2 Å². The number of thiophene rings is 1. The SMILES string of the molecule is Cc1sc2ccccc2c1CN1CCC2(CC1)NC(=O)C[C@H]2C(=O)O. The van der Waals surface area contributed by atoms with Gasteiger partial charge < -0.3 is 10.4 Å². The lowest BCUT2D eigenvalue weighted by Crippen LogP contribution is -2.55. The molecule has 2 fully saturated rings. The third-order valence-corrected chi connectivity index (χ3v) is 6.90. The Balaban J connectivity index is 1.50. The van der Waals surface area contributed by atoms with Gasteiger partial charge in [0, 0.05) is 35.6 Å². The number of hydrogen-bond donors (Lipinski definition) is 2. The fourth-order valence-electron chi connectivity index (χ4n) is 4.35. The van der Waals surface area contributed by atoms with Crippen molar-refractivity contribution in [1.82, 2.24) is 10.2 Å². The highest BCUT2D eigenvalue weighted by Crippen LogP contribution is 2.38. The second-order valence-corrected chi connectivity index (χ2v) is 8.46. The lowest BCUT2D eigenvalue weighted by atomic mass is 9.77. The van der Waals surface area contributed by atoms with Gasteiger partial charge in [-0.2, -0.15) is 0 Å². The van der Waals surface area contributed by atoms with E-state index in [1.165, 1.54) is 20.5 Å². The van der Waals surface area contributed by atoms with Crippen molar-refractivity contribution in [3.8, 4) is 0 Å². The number of amides is 1. The molecule has 132 valence electrons. The van der Waals surface area contributed by atoms with Crippen LogP contribution in [-0.2, 0) is 16.1 Å². The fourth-order valence-corrected chi connectivity index (χ4v) is 5.42. The van der Waals surface area contributed by atoms with Crippen LogP contribution in [0.25, 0.3) is 10.1 Å². The van der Waals surface area contributed by atoms with Crippen molar-refractivity contribution >= 4 is 33.3 Å². The smallest absolute Gasteiger partial charge is 0.309 e. The van der Waals surface area contributed by atoms with Crippen molar-refractivity contribution in [1.29, 1.82) is 0 Å². The van der Waals surface area contributed by atoms with Crippen molar-refractivity contribution in [2.45, 2.75) is 38.3 Å². The number of piperidine rings is 1. The average molecular weight is 358 g/mol. The van der Waals surface area contributed by atoms with Crippen LogP contribution in [0.1, 0.15) is 29.7 Å². The highest BCUT2D eigenvalue weighted by molar-refractivity contribution is 7.19. The second kappa shape index (κ2) is 6.11. The molecule has 1 aromatic carbocycles. The van der Waals surface area contributed by atoms with Gasteiger partial charge in [0.1, 0.15) is 0 Å². The zero-order valence-corrected chi connectivity index (χ0v) is 15.1. The van der Waals surface area contributed by atoms with Gasteiger partial charge in [0.05, 0.1) is 11.5 Å². The zero-order valence-electron chi connectivity index (χ0n) is 14.2. The van der Waals surface area contributed by atoms with Gasteiger partial charge >= 0.3 is 5.97 Å². The van der Waals surface area contributed by atoms with E-state index in [0.717, 1.165) is 19.6 Å². The van der Waals surface area contributed by atoms with Crippen LogP contribution in [0, 0.1) is 12.8 Å². The van der Waals surface area contributed by atoms with Gasteiger partial charge in [-0.25, -0.2) is 0 Å². The maximum absolute atomic E-state index is 11.8. The molecule has 1 amide bonds. The van der Waals surface area contributed by atoms with Gasteiger partial charge in [0.25, 0.3) is 0 Å². The second-order valence-electron chi connectivity index (χ2n) is 7.21. The number of aliphatic carboxylic acids is 1. The van der Waals surface area contributed by atoms with Crippen molar-refractivity contribution < 1.29 is 14.7 Å². The predicted octanol–water partition coefficient (Wildman–Crippen LogP) is 2.77. The molecule has 2 saturated heterocycles. The average Bonchev–Trinajstić information content (AvgIpc) is 3.07. The number of rotatable bonds is 3. The molecule has 5 nitrogen and oxygen atoms in total. The summed E-state index contributed by atoms with van der Waals surface area (Å²) in [6.45, 7) is 4.68. The zero-order chi connectivity index (χ0) is 17.6. The molecular weight excluding hydrogens is 336 g/mol. The number of carbonyl (C=O) groups excluding carboxylic acids is 1. The summed E-state index contributed by atoms with van der Waals surface area (Å²) in [6.07, 6.45) is 1.53. The number of likely N-dealkylation sites (tertiary alicyclic amines) is 1. The van der Waals surface area contributed by atoms with Crippen LogP contribution in [0.3, 0.4) is 0 Å². The molecule has 1 spiro atoms. The maximum atomic E-state index is 11.8. The summed E-state index contributed by atoms with van der Waals surface area (Å²) in [5.41, 5.74) is 0.826. The Morgan fingerprint density at radius 2 is 2.08 bits per heavy atom. The summed E-state index contributed by atoms with van der Waals surface area (Å²) in [6, 6.07) is 8.49. The normalized spacial score (nSPS) is 23.2. The molecule has 0 unspecified atom stereocenters. The van der Waals surface area contributed by atoms with Crippen LogP contribution in [0.5, 0.6) is 0 Å². The van der Waals surface area contributed by atoms with E-state index in [9.17, 15) is 14.7 Å². The molecule has 2 aliphatic heterocycles. The Kier molecular flexibility index (Phi) is 4.04. The molecule has 1 aromatic heterocycles. The first-order valence-corrected chi connectivity index (χ1v) is 9.53. The first-order valence-electron chi connectivity index (χ1n) is 8.72. The van der Waals surface area contributed by atoms with Crippen LogP contribution in [0.4, 0.5) is 0 Å². The van der Waals surface area contributed by atoms with E-state index in [-0.39, 0.29) is 12.3 Å². The molecular formula is C19H22N2O3S. The minimum Gasteiger partial charge on any atom is -0.481 e. The summed E-state index contributed by atoms with van der Waals surface area (Å²) < 4.78 is 1.32. The molecule has 1 atom stereocenters. The van der Waals surface area contributed by atoms with Gasteiger partial charge in [-0.05, 0) is 36.8 Å². The summed E-state index contributed by atoms with van der Waals surface area (Å²) in [5, 5.41) is 13.8. The minimum atomic E-state index is -0.855. The molecule has 4 rings (SSSR count). The van der Waals surface area contributed by atoms with Crippen LogP contribution < -0.4 is 5.32 Å². The number of carbonyl (C=O) groups is 2. The lowest BCUT2D eigenvalue weighted by molar-refractivity contribution is -0.144. The standard InChI is InChI=1S/C19H22N2O3S/c1-12-14(13-4-2-3-5-16(13)25-12)11-21-8-6-19(7-9-21)15(18(23)24)10-17(22)20-19/h2-5,15H,6-11H2,1H3,(H,20,22)(H,23,24)/t15-/m0/s1. The number of nitrogens with zero attached hydrogens (tertiary/aromatic N) is 1. The molecule has 25 heavy (non-hydrogen) atoms. The third-order valence-electron chi connectivity index (χ3n) is 5.77. The maximum Gasteiger partial charge on any atom is 0.309 e. The van der Waals surface area contributed by atoms with Crippen LogP contribution >= 0.6 is 11.3 Å². The molecule has 0 radical (unpaired) electrons. The molecule has 2 N–H and O–H groups in total. The summed E-state index contributed by atoms with van der Waals surface area (Å²) in [5.74, 6) is -1.57. The quantitative estimate of drug-likeness (QED) is 0.885. The van der Waals surface area contributed by atoms with Gasteiger partial charge in [-0.15, -0.1) is 11.3 Å². The molecule has 6 heteroatoms. The first-order chi connectivity index (χ1) is 12.0. The molecule has 3 heterocycles. The van der Waals surface area contributed by atoms with Gasteiger partial charge in [0.2, 0.25) is 5.91 Å². The Labute approximate surface area is 150 Å². The van der Waals surface area contributed by atoms with E-state index in [1.54, 1.807) is 0 Å². The Hall–Kier alpha value is -1.92. The van der Waals surface area contributed by atoms with Crippen LogP contribution in [0.2, 0.25) is 0 Å². The van der Waals surface area contributed by atoms with E-state index in [0.29, 0.717) is 12.8 Å².